The van der Waals surface area contributed by atoms with Crippen LogP contribution in [0.25, 0.3) is 11.1 Å². The van der Waals surface area contributed by atoms with Gasteiger partial charge < -0.3 is 10.2 Å². The first kappa shape index (κ1) is 17.2. The molecule has 1 fully saturated rings. The van der Waals surface area contributed by atoms with Crippen molar-refractivity contribution in [2.45, 2.75) is 26.3 Å². The summed E-state index contributed by atoms with van der Waals surface area (Å²) in [6.45, 7) is 5.30. The van der Waals surface area contributed by atoms with Crippen LogP contribution in [-0.4, -0.2) is 35.8 Å². The number of hydrogen-bond acceptors (Lipinski definition) is 2. The van der Waals surface area contributed by atoms with E-state index < -0.39 is 0 Å². The van der Waals surface area contributed by atoms with E-state index in [1.807, 2.05) is 73.3 Å². The summed E-state index contributed by atoms with van der Waals surface area (Å²) in [4.78, 5) is 26.1. The number of carbonyl (C=O) groups excluding carboxylic acids is 2. The number of benzene rings is 2. The van der Waals surface area contributed by atoms with Gasteiger partial charge in [0.05, 0.1) is 0 Å². The first-order valence-electron chi connectivity index (χ1n) is 8.77. The number of amides is 2. The first-order valence-corrected chi connectivity index (χ1v) is 8.77. The van der Waals surface area contributed by atoms with Crippen LogP contribution in [0.1, 0.15) is 30.6 Å². The van der Waals surface area contributed by atoms with Gasteiger partial charge in [-0.15, -0.1) is 0 Å². The normalized spacial score (nSPS) is 17.2. The minimum atomic E-state index is -0.0879. The van der Waals surface area contributed by atoms with Crippen LogP contribution >= 0.6 is 0 Å². The third-order valence-electron chi connectivity index (χ3n) is 4.67. The smallest absolute Gasteiger partial charge is 0.251 e. The highest BCUT2D eigenvalue weighted by atomic mass is 16.2. The van der Waals surface area contributed by atoms with Gasteiger partial charge in [-0.05, 0) is 37.1 Å². The van der Waals surface area contributed by atoms with Crippen molar-refractivity contribution in [3.8, 4) is 11.1 Å². The summed E-state index contributed by atoms with van der Waals surface area (Å²) < 4.78 is 0. The Morgan fingerprint density at radius 2 is 1.72 bits per heavy atom. The van der Waals surface area contributed by atoms with Crippen LogP contribution in [-0.2, 0) is 4.79 Å². The topological polar surface area (TPSA) is 49.4 Å². The second kappa shape index (κ2) is 7.51. The van der Waals surface area contributed by atoms with Gasteiger partial charge in [-0.3, -0.25) is 9.59 Å². The molecule has 0 aliphatic carbocycles. The van der Waals surface area contributed by atoms with Gasteiger partial charge in [0.1, 0.15) is 0 Å². The van der Waals surface area contributed by atoms with Crippen molar-refractivity contribution in [1.29, 1.82) is 0 Å². The van der Waals surface area contributed by atoms with E-state index in [1.54, 1.807) is 0 Å². The lowest BCUT2D eigenvalue weighted by molar-refractivity contribution is -0.129. The quantitative estimate of drug-likeness (QED) is 0.910. The van der Waals surface area contributed by atoms with Gasteiger partial charge >= 0.3 is 0 Å². The number of rotatable bonds is 5. The minimum absolute atomic E-state index is 0.0879. The summed E-state index contributed by atoms with van der Waals surface area (Å²) in [6, 6.07) is 17.9. The Hall–Kier alpha value is -2.62. The number of likely N-dealkylation sites (tertiary alicyclic amines) is 1. The lowest BCUT2D eigenvalue weighted by Gasteiger charge is -2.21. The maximum atomic E-state index is 12.3. The summed E-state index contributed by atoms with van der Waals surface area (Å²) in [5.74, 6) is 0.291. The maximum absolute atomic E-state index is 12.3. The SMILES string of the molecule is CC(C)N1CC(CNC(=O)c2ccc(-c3ccccc3)cc2)CC1=O. The zero-order valence-corrected chi connectivity index (χ0v) is 14.7. The van der Waals surface area contributed by atoms with Crippen molar-refractivity contribution in [3.63, 3.8) is 0 Å². The van der Waals surface area contributed by atoms with E-state index in [4.69, 9.17) is 0 Å². The molecule has 1 atom stereocenters. The standard InChI is InChI=1S/C21H24N2O2/c1-15(2)23-14-16(12-20(23)24)13-22-21(25)19-10-8-18(9-11-19)17-6-4-3-5-7-17/h3-11,15-16H,12-14H2,1-2H3,(H,22,25). The fourth-order valence-corrected chi connectivity index (χ4v) is 3.23. The summed E-state index contributed by atoms with van der Waals surface area (Å²) in [6.07, 6.45) is 0.519. The van der Waals surface area contributed by atoms with Crippen molar-refractivity contribution >= 4 is 11.8 Å². The van der Waals surface area contributed by atoms with E-state index in [1.165, 1.54) is 0 Å². The molecule has 130 valence electrons. The van der Waals surface area contributed by atoms with E-state index in [9.17, 15) is 9.59 Å². The molecule has 1 aliphatic rings. The van der Waals surface area contributed by atoms with E-state index in [-0.39, 0.29) is 23.8 Å². The molecule has 0 spiro atoms. The van der Waals surface area contributed by atoms with E-state index >= 15 is 0 Å². The third-order valence-corrected chi connectivity index (χ3v) is 4.67. The molecule has 0 radical (unpaired) electrons. The Morgan fingerprint density at radius 1 is 1.08 bits per heavy atom. The first-order chi connectivity index (χ1) is 12.0. The number of hydrogen-bond donors (Lipinski definition) is 1. The van der Waals surface area contributed by atoms with Crippen LogP contribution in [0, 0.1) is 5.92 Å². The molecule has 1 aliphatic heterocycles. The molecule has 4 heteroatoms. The van der Waals surface area contributed by atoms with Gasteiger partial charge in [-0.25, -0.2) is 0 Å². The van der Waals surface area contributed by atoms with Gasteiger partial charge in [0.2, 0.25) is 5.91 Å². The van der Waals surface area contributed by atoms with Crippen molar-refractivity contribution in [2.24, 2.45) is 5.92 Å². The highest BCUT2D eigenvalue weighted by molar-refractivity contribution is 5.94. The maximum Gasteiger partial charge on any atom is 0.251 e. The van der Waals surface area contributed by atoms with Gasteiger partial charge in [0, 0.05) is 37.0 Å². The van der Waals surface area contributed by atoms with Gasteiger partial charge in [0.15, 0.2) is 0 Å². The third kappa shape index (κ3) is 4.08. The summed E-state index contributed by atoms with van der Waals surface area (Å²) in [5, 5.41) is 2.96. The van der Waals surface area contributed by atoms with E-state index in [0.717, 1.165) is 17.7 Å². The Kier molecular flexibility index (Phi) is 5.17. The van der Waals surface area contributed by atoms with Gasteiger partial charge in [-0.1, -0.05) is 42.5 Å². The number of nitrogens with zero attached hydrogens (tertiary/aromatic N) is 1. The highest BCUT2D eigenvalue weighted by Crippen LogP contribution is 2.21. The van der Waals surface area contributed by atoms with Crippen LogP contribution in [0.5, 0.6) is 0 Å². The molecule has 0 saturated carbocycles. The molecule has 0 aromatic heterocycles. The van der Waals surface area contributed by atoms with Crippen molar-refractivity contribution in [2.75, 3.05) is 13.1 Å². The van der Waals surface area contributed by atoms with Crippen LogP contribution < -0.4 is 5.32 Å². The Morgan fingerprint density at radius 3 is 2.32 bits per heavy atom. The Labute approximate surface area is 148 Å². The Balaban J connectivity index is 1.56. The summed E-state index contributed by atoms with van der Waals surface area (Å²) in [7, 11) is 0. The Bertz CT molecular complexity index is 738. The minimum Gasteiger partial charge on any atom is -0.352 e. The average molecular weight is 336 g/mol. The van der Waals surface area contributed by atoms with Crippen molar-refractivity contribution in [1.82, 2.24) is 10.2 Å². The van der Waals surface area contributed by atoms with Crippen LogP contribution in [0.4, 0.5) is 0 Å². The van der Waals surface area contributed by atoms with Crippen LogP contribution in [0.2, 0.25) is 0 Å². The van der Waals surface area contributed by atoms with E-state index in [0.29, 0.717) is 18.5 Å². The van der Waals surface area contributed by atoms with Gasteiger partial charge in [0.25, 0.3) is 5.91 Å². The number of carbonyl (C=O) groups is 2. The molecule has 1 unspecified atom stereocenters. The fraction of sp³-hybridized carbons (Fsp3) is 0.333. The lowest BCUT2D eigenvalue weighted by atomic mass is 10.0. The zero-order chi connectivity index (χ0) is 17.8. The predicted octanol–water partition coefficient (Wildman–Crippen LogP) is 3.34. The average Bonchev–Trinajstić information content (AvgIpc) is 3.01. The predicted molar refractivity (Wildman–Crippen MR) is 99.2 cm³/mol. The lowest BCUT2D eigenvalue weighted by Crippen LogP contribution is -2.34. The monoisotopic (exact) mass is 336 g/mol. The molecule has 2 amide bonds. The van der Waals surface area contributed by atoms with Crippen LogP contribution in [0.3, 0.4) is 0 Å². The summed E-state index contributed by atoms with van der Waals surface area (Å²) >= 11 is 0. The molecular weight excluding hydrogens is 312 g/mol. The van der Waals surface area contributed by atoms with Crippen molar-refractivity contribution < 1.29 is 9.59 Å². The molecule has 2 aromatic rings. The molecule has 3 rings (SSSR count). The molecule has 25 heavy (non-hydrogen) atoms. The highest BCUT2D eigenvalue weighted by Gasteiger charge is 2.31. The molecule has 1 saturated heterocycles. The molecule has 4 nitrogen and oxygen atoms in total. The van der Waals surface area contributed by atoms with Crippen molar-refractivity contribution in [3.05, 3.63) is 60.2 Å². The van der Waals surface area contributed by atoms with Gasteiger partial charge in [-0.2, -0.15) is 0 Å². The fourth-order valence-electron chi connectivity index (χ4n) is 3.23. The van der Waals surface area contributed by atoms with Crippen LogP contribution in [0.15, 0.2) is 54.6 Å². The molecule has 0 bridgehead atoms. The molecule has 1 heterocycles. The number of nitrogens with one attached hydrogen (secondary N) is 1. The summed E-state index contributed by atoms with van der Waals surface area (Å²) in [5.41, 5.74) is 2.86. The second-order valence-corrected chi connectivity index (χ2v) is 6.86. The zero-order valence-electron chi connectivity index (χ0n) is 14.7. The van der Waals surface area contributed by atoms with E-state index in [2.05, 4.69) is 5.32 Å². The second-order valence-electron chi connectivity index (χ2n) is 6.86. The molecule has 1 N–H and O–H groups in total. The largest absolute Gasteiger partial charge is 0.352 e. The molecular formula is C21H24N2O2. The molecule has 2 aromatic carbocycles.